The van der Waals surface area contributed by atoms with E-state index in [-0.39, 0.29) is 0 Å². The van der Waals surface area contributed by atoms with Crippen LogP contribution in [0.1, 0.15) is 31.6 Å². The van der Waals surface area contributed by atoms with Crippen molar-refractivity contribution in [2.75, 3.05) is 0 Å². The summed E-state index contributed by atoms with van der Waals surface area (Å²) in [7, 11) is 0. The monoisotopic (exact) mass is 178 g/mol. The Labute approximate surface area is 77.8 Å². The molecule has 1 saturated carbocycles. The van der Waals surface area contributed by atoms with Crippen LogP contribution in [-0.2, 0) is 0 Å². The van der Waals surface area contributed by atoms with Gasteiger partial charge in [-0.1, -0.05) is 6.92 Å². The predicted octanol–water partition coefficient (Wildman–Crippen LogP) is 1.56. The Balaban J connectivity index is 2.07. The van der Waals surface area contributed by atoms with E-state index in [1.54, 1.807) is 18.6 Å². The molecular formula is C10H14N2O. The maximum absolute atomic E-state index is 9.90. The minimum atomic E-state index is -0.443. The Hall–Kier alpha value is -0.960. The summed E-state index contributed by atoms with van der Waals surface area (Å²) in [6.07, 6.45) is 6.94. The average Bonchev–Trinajstić information content (AvgIpc) is 3.00. The Bertz CT molecular complexity index is 272. The molecule has 0 radical (unpaired) electrons. The minimum absolute atomic E-state index is 0.316. The van der Waals surface area contributed by atoms with E-state index >= 15 is 0 Å². The standard InChI is InChI=1S/C10H14N2O/c1-7(8-2-3-8)10(13)9-6-11-4-5-12-9/h4-8,10,13H,2-3H2,1H3. The molecule has 2 rings (SSSR count). The van der Waals surface area contributed by atoms with Gasteiger partial charge >= 0.3 is 0 Å². The van der Waals surface area contributed by atoms with E-state index in [0.717, 1.165) is 0 Å². The van der Waals surface area contributed by atoms with Crippen LogP contribution >= 0.6 is 0 Å². The van der Waals surface area contributed by atoms with E-state index in [1.807, 2.05) is 0 Å². The van der Waals surface area contributed by atoms with Gasteiger partial charge in [-0.3, -0.25) is 9.97 Å². The Kier molecular flexibility index (Phi) is 2.27. The van der Waals surface area contributed by atoms with Gasteiger partial charge in [0, 0.05) is 12.4 Å². The van der Waals surface area contributed by atoms with Crippen molar-refractivity contribution in [3.05, 3.63) is 24.3 Å². The van der Waals surface area contributed by atoms with Crippen molar-refractivity contribution in [2.45, 2.75) is 25.9 Å². The highest BCUT2D eigenvalue weighted by Gasteiger charge is 2.33. The molecule has 1 fully saturated rings. The first-order chi connectivity index (χ1) is 6.29. The molecule has 2 atom stereocenters. The summed E-state index contributed by atoms with van der Waals surface area (Å²) >= 11 is 0. The lowest BCUT2D eigenvalue weighted by Crippen LogP contribution is -2.12. The van der Waals surface area contributed by atoms with E-state index in [1.165, 1.54) is 12.8 Å². The van der Waals surface area contributed by atoms with Gasteiger partial charge in [0.05, 0.1) is 11.9 Å². The first-order valence-corrected chi connectivity index (χ1v) is 4.73. The first kappa shape index (κ1) is 8.63. The summed E-state index contributed by atoms with van der Waals surface area (Å²) in [4.78, 5) is 8.04. The van der Waals surface area contributed by atoms with Gasteiger partial charge in [-0.05, 0) is 24.7 Å². The average molecular weight is 178 g/mol. The largest absolute Gasteiger partial charge is 0.386 e. The van der Waals surface area contributed by atoms with Gasteiger partial charge in [-0.25, -0.2) is 0 Å². The molecule has 13 heavy (non-hydrogen) atoms. The van der Waals surface area contributed by atoms with Gasteiger partial charge in [0.15, 0.2) is 0 Å². The molecule has 1 aromatic rings. The minimum Gasteiger partial charge on any atom is -0.386 e. The number of hydrogen-bond donors (Lipinski definition) is 1. The highest BCUT2D eigenvalue weighted by atomic mass is 16.3. The summed E-state index contributed by atoms with van der Waals surface area (Å²) in [6, 6.07) is 0. The fraction of sp³-hybridized carbons (Fsp3) is 0.600. The first-order valence-electron chi connectivity index (χ1n) is 4.73. The van der Waals surface area contributed by atoms with E-state index in [2.05, 4.69) is 16.9 Å². The molecule has 1 aliphatic rings. The maximum atomic E-state index is 9.90. The van der Waals surface area contributed by atoms with Gasteiger partial charge in [0.1, 0.15) is 6.10 Å². The quantitative estimate of drug-likeness (QED) is 0.764. The number of aromatic nitrogens is 2. The third-order valence-corrected chi connectivity index (χ3v) is 2.75. The zero-order valence-electron chi connectivity index (χ0n) is 7.72. The zero-order valence-corrected chi connectivity index (χ0v) is 7.72. The molecule has 0 amide bonds. The predicted molar refractivity (Wildman–Crippen MR) is 48.9 cm³/mol. The second-order valence-electron chi connectivity index (χ2n) is 3.77. The summed E-state index contributed by atoms with van der Waals surface area (Å²) < 4.78 is 0. The second-order valence-corrected chi connectivity index (χ2v) is 3.77. The number of aliphatic hydroxyl groups excluding tert-OH is 1. The molecule has 3 heteroatoms. The van der Waals surface area contributed by atoms with Crippen LogP contribution in [0.4, 0.5) is 0 Å². The molecule has 0 aromatic carbocycles. The van der Waals surface area contributed by atoms with Crippen LogP contribution in [0.15, 0.2) is 18.6 Å². The zero-order chi connectivity index (χ0) is 9.26. The Morgan fingerprint density at radius 3 is 2.77 bits per heavy atom. The van der Waals surface area contributed by atoms with Crippen LogP contribution in [0.25, 0.3) is 0 Å². The molecular weight excluding hydrogens is 164 g/mol. The van der Waals surface area contributed by atoms with E-state index < -0.39 is 6.10 Å². The summed E-state index contributed by atoms with van der Waals surface area (Å²) in [5.41, 5.74) is 0.696. The van der Waals surface area contributed by atoms with E-state index in [4.69, 9.17) is 0 Å². The second kappa shape index (κ2) is 3.42. The number of rotatable bonds is 3. The smallest absolute Gasteiger partial charge is 0.100 e. The summed E-state index contributed by atoms with van der Waals surface area (Å²) in [6.45, 7) is 2.08. The lowest BCUT2D eigenvalue weighted by atomic mass is 9.97. The Morgan fingerprint density at radius 1 is 1.46 bits per heavy atom. The van der Waals surface area contributed by atoms with Gasteiger partial charge in [-0.2, -0.15) is 0 Å². The fourth-order valence-electron chi connectivity index (χ4n) is 1.61. The van der Waals surface area contributed by atoms with Crippen molar-refractivity contribution in [3.8, 4) is 0 Å². The number of aliphatic hydroxyl groups is 1. The Morgan fingerprint density at radius 2 is 2.23 bits per heavy atom. The maximum Gasteiger partial charge on any atom is 0.100 e. The number of nitrogens with zero attached hydrogens (tertiary/aromatic N) is 2. The van der Waals surface area contributed by atoms with Crippen molar-refractivity contribution in [1.82, 2.24) is 9.97 Å². The van der Waals surface area contributed by atoms with Gasteiger partial charge < -0.3 is 5.11 Å². The fourth-order valence-corrected chi connectivity index (χ4v) is 1.61. The van der Waals surface area contributed by atoms with Crippen LogP contribution < -0.4 is 0 Å². The van der Waals surface area contributed by atoms with Crippen LogP contribution in [-0.4, -0.2) is 15.1 Å². The van der Waals surface area contributed by atoms with Crippen molar-refractivity contribution in [3.63, 3.8) is 0 Å². The number of hydrogen-bond acceptors (Lipinski definition) is 3. The van der Waals surface area contributed by atoms with E-state index in [0.29, 0.717) is 17.5 Å². The van der Waals surface area contributed by atoms with Gasteiger partial charge in [0.2, 0.25) is 0 Å². The van der Waals surface area contributed by atoms with Gasteiger partial charge in [-0.15, -0.1) is 0 Å². The third kappa shape index (κ3) is 1.86. The van der Waals surface area contributed by atoms with Crippen molar-refractivity contribution in [2.24, 2.45) is 11.8 Å². The molecule has 1 heterocycles. The van der Waals surface area contributed by atoms with E-state index in [9.17, 15) is 5.11 Å². The van der Waals surface area contributed by atoms with Crippen molar-refractivity contribution < 1.29 is 5.11 Å². The normalized spacial score (nSPS) is 21.1. The highest BCUT2D eigenvalue weighted by Crippen LogP contribution is 2.41. The SMILES string of the molecule is CC(C1CC1)C(O)c1cnccn1. The summed E-state index contributed by atoms with van der Waals surface area (Å²) in [5, 5.41) is 9.90. The van der Waals surface area contributed by atoms with Crippen LogP contribution in [0.2, 0.25) is 0 Å². The lowest BCUT2D eigenvalue weighted by Gasteiger charge is -2.16. The van der Waals surface area contributed by atoms with Crippen LogP contribution in [0.5, 0.6) is 0 Å². The molecule has 0 saturated heterocycles. The highest BCUT2D eigenvalue weighted by molar-refractivity contribution is 5.02. The van der Waals surface area contributed by atoms with Crippen molar-refractivity contribution in [1.29, 1.82) is 0 Å². The van der Waals surface area contributed by atoms with Crippen LogP contribution in [0.3, 0.4) is 0 Å². The molecule has 3 nitrogen and oxygen atoms in total. The van der Waals surface area contributed by atoms with Crippen molar-refractivity contribution >= 4 is 0 Å². The van der Waals surface area contributed by atoms with Gasteiger partial charge in [0.25, 0.3) is 0 Å². The lowest BCUT2D eigenvalue weighted by molar-refractivity contribution is 0.101. The van der Waals surface area contributed by atoms with Crippen LogP contribution in [0, 0.1) is 11.8 Å². The third-order valence-electron chi connectivity index (χ3n) is 2.75. The molecule has 70 valence electrons. The topological polar surface area (TPSA) is 46.0 Å². The molecule has 0 bridgehead atoms. The molecule has 1 aromatic heterocycles. The molecule has 0 spiro atoms. The molecule has 2 unspecified atom stereocenters. The molecule has 1 N–H and O–H groups in total. The molecule has 0 aliphatic heterocycles. The molecule has 1 aliphatic carbocycles. The summed E-state index contributed by atoms with van der Waals surface area (Å²) in [5.74, 6) is 1.01.